The molecule has 7 nitrogen and oxygen atoms in total. The Morgan fingerprint density at radius 1 is 1.47 bits per heavy atom. The Balaban J connectivity index is 2.17. The van der Waals surface area contributed by atoms with Crippen LogP contribution in [0.25, 0.3) is 17.2 Å². The van der Waals surface area contributed by atoms with Crippen molar-refractivity contribution < 1.29 is 13.8 Å². The maximum atomic E-state index is 11.3. The Bertz CT molecular complexity index is 706. The molecule has 1 aromatic heterocycles. The first-order valence-corrected chi connectivity index (χ1v) is 7.29. The summed E-state index contributed by atoms with van der Waals surface area (Å²) in [7, 11) is -3.60. The van der Waals surface area contributed by atoms with E-state index in [1.807, 2.05) is 5.09 Å². The van der Waals surface area contributed by atoms with Crippen LogP contribution in [0, 0.1) is 0 Å². The third-order valence-electron chi connectivity index (χ3n) is 2.03. The quantitative estimate of drug-likeness (QED) is 0.584. The van der Waals surface area contributed by atoms with Crippen molar-refractivity contribution in [1.29, 1.82) is 0 Å². The van der Waals surface area contributed by atoms with E-state index in [4.69, 9.17) is 27.0 Å². The summed E-state index contributed by atoms with van der Waals surface area (Å²) < 4.78 is 16.3. The highest BCUT2D eigenvalue weighted by Gasteiger charge is 2.10. The molecule has 0 aliphatic heterocycles. The number of aromatic nitrogens is 1. The topological polar surface area (TPSA) is 124 Å². The van der Waals surface area contributed by atoms with Gasteiger partial charge in [0.25, 0.3) is 5.91 Å². The lowest BCUT2D eigenvalue weighted by atomic mass is 10.3. The molecule has 0 saturated carbocycles. The van der Waals surface area contributed by atoms with E-state index >= 15 is 0 Å². The summed E-state index contributed by atoms with van der Waals surface area (Å²) in [5.74, 6) is -0.495. The second kappa shape index (κ2) is 5.14. The molecule has 0 spiro atoms. The minimum absolute atomic E-state index is 0.205. The highest BCUT2D eigenvalue weighted by atomic mass is 35.5. The number of carbonyl (C=O) groups excluding carboxylic acids is 1. The van der Waals surface area contributed by atoms with Gasteiger partial charge in [0.1, 0.15) is 5.52 Å². The van der Waals surface area contributed by atoms with Crippen molar-refractivity contribution in [3.63, 3.8) is 0 Å². The molecule has 1 heterocycles. The number of oxazole rings is 1. The molecule has 0 aliphatic rings. The fourth-order valence-corrected chi connectivity index (χ4v) is 1.93. The molecule has 1 aromatic carbocycles. The zero-order valence-corrected chi connectivity index (χ0v) is 11.2. The van der Waals surface area contributed by atoms with Gasteiger partial charge in [0.05, 0.1) is 0 Å². The Labute approximate surface area is 113 Å². The zero-order valence-electron chi connectivity index (χ0n) is 9.54. The van der Waals surface area contributed by atoms with E-state index in [2.05, 4.69) is 4.98 Å². The van der Waals surface area contributed by atoms with Crippen LogP contribution in [0.5, 0.6) is 0 Å². The van der Waals surface area contributed by atoms with Gasteiger partial charge in [-0.15, -0.1) is 0 Å². The summed E-state index contributed by atoms with van der Waals surface area (Å²) in [5, 5.41) is 2.46. The normalized spacial score (nSPS) is 12.2. The van der Waals surface area contributed by atoms with E-state index in [-0.39, 0.29) is 5.89 Å². The Morgan fingerprint density at radius 2 is 2.21 bits per heavy atom. The van der Waals surface area contributed by atoms with E-state index in [0.717, 1.165) is 6.08 Å². The molecule has 0 saturated heterocycles. The van der Waals surface area contributed by atoms with Crippen molar-refractivity contribution in [1.82, 2.24) is 10.1 Å². The van der Waals surface area contributed by atoms with E-state index in [0.29, 0.717) is 16.1 Å². The molecule has 1 amide bonds. The zero-order chi connectivity index (χ0) is 14.0. The van der Waals surface area contributed by atoms with Crippen LogP contribution >= 0.6 is 19.2 Å². The number of halogens is 1. The number of benzene rings is 1. The number of hydrogen-bond donors (Lipinski definition) is 3. The van der Waals surface area contributed by atoms with Gasteiger partial charge in [-0.2, -0.15) is 0 Å². The summed E-state index contributed by atoms with van der Waals surface area (Å²) in [5.41, 5.74) is 11.1. The van der Waals surface area contributed by atoms with Gasteiger partial charge in [-0.05, 0) is 18.2 Å². The van der Waals surface area contributed by atoms with Gasteiger partial charge in [-0.1, -0.05) is 11.6 Å². The van der Waals surface area contributed by atoms with Gasteiger partial charge in [-0.25, -0.2) is 4.98 Å². The van der Waals surface area contributed by atoms with Crippen molar-refractivity contribution in [2.45, 2.75) is 0 Å². The van der Waals surface area contributed by atoms with Crippen LogP contribution in [0.1, 0.15) is 5.89 Å². The lowest BCUT2D eigenvalue weighted by Crippen LogP contribution is -2.26. The van der Waals surface area contributed by atoms with E-state index < -0.39 is 13.5 Å². The van der Waals surface area contributed by atoms with Gasteiger partial charge < -0.3 is 4.42 Å². The average molecular weight is 301 g/mol. The van der Waals surface area contributed by atoms with Gasteiger partial charge in [0, 0.05) is 17.2 Å². The second-order valence-electron chi connectivity index (χ2n) is 3.68. The van der Waals surface area contributed by atoms with E-state index in [9.17, 15) is 9.36 Å². The molecule has 19 heavy (non-hydrogen) atoms. The SMILES string of the molecule is NP(N)(=O)NC(=O)C=Cc1nc2cc(Cl)ccc2o1. The first kappa shape index (κ1) is 13.8. The van der Waals surface area contributed by atoms with Crippen LogP contribution in [-0.4, -0.2) is 10.9 Å². The number of amides is 1. The molecule has 2 rings (SSSR count). The summed E-state index contributed by atoms with van der Waals surface area (Å²) in [6.07, 6.45) is 2.37. The minimum Gasteiger partial charge on any atom is -0.437 e. The number of nitrogens with two attached hydrogens (primary N) is 2. The Morgan fingerprint density at radius 3 is 2.89 bits per heavy atom. The van der Waals surface area contributed by atoms with Crippen LogP contribution in [-0.2, 0) is 9.36 Å². The molecule has 0 aliphatic carbocycles. The number of rotatable bonds is 3. The fraction of sp³-hybridized carbons (Fsp3) is 0. The largest absolute Gasteiger partial charge is 0.437 e. The van der Waals surface area contributed by atoms with Crippen molar-refractivity contribution in [3.8, 4) is 0 Å². The summed E-state index contributed by atoms with van der Waals surface area (Å²) in [4.78, 5) is 15.4. The minimum atomic E-state index is -3.60. The fourth-order valence-electron chi connectivity index (χ4n) is 1.35. The average Bonchev–Trinajstić information content (AvgIpc) is 2.66. The summed E-state index contributed by atoms with van der Waals surface area (Å²) in [6, 6.07) is 4.95. The molecule has 0 bridgehead atoms. The second-order valence-corrected chi connectivity index (χ2v) is 5.76. The van der Waals surface area contributed by atoms with Crippen LogP contribution in [0.2, 0.25) is 5.02 Å². The Hall–Kier alpha value is -1.66. The van der Waals surface area contributed by atoms with Crippen molar-refractivity contribution in [3.05, 3.63) is 35.2 Å². The highest BCUT2D eigenvalue weighted by molar-refractivity contribution is 7.57. The lowest BCUT2D eigenvalue weighted by molar-refractivity contribution is -0.114. The molecule has 0 radical (unpaired) electrons. The third-order valence-corrected chi connectivity index (χ3v) is 2.83. The van der Waals surface area contributed by atoms with Crippen molar-refractivity contribution in [2.24, 2.45) is 11.0 Å². The number of hydrogen-bond acceptors (Lipinski definition) is 4. The van der Waals surface area contributed by atoms with E-state index in [1.165, 1.54) is 6.08 Å². The monoisotopic (exact) mass is 300 g/mol. The molecule has 2 aromatic rings. The number of nitrogens with one attached hydrogen (secondary N) is 1. The van der Waals surface area contributed by atoms with Crippen LogP contribution in [0.3, 0.4) is 0 Å². The molecule has 0 fully saturated rings. The molecular formula is C10H10ClN4O3P. The molecule has 100 valence electrons. The summed E-state index contributed by atoms with van der Waals surface area (Å²) in [6.45, 7) is 0. The van der Waals surface area contributed by atoms with Crippen LogP contribution in [0.4, 0.5) is 0 Å². The lowest BCUT2D eigenvalue weighted by Gasteiger charge is -2.04. The van der Waals surface area contributed by atoms with Gasteiger partial charge in [-0.3, -0.25) is 25.5 Å². The van der Waals surface area contributed by atoms with Crippen LogP contribution < -0.4 is 16.1 Å². The highest BCUT2D eigenvalue weighted by Crippen LogP contribution is 2.21. The number of carbonyl (C=O) groups is 1. The maximum Gasteiger partial charge on any atom is 0.300 e. The van der Waals surface area contributed by atoms with E-state index in [1.54, 1.807) is 18.2 Å². The Kier molecular flexibility index (Phi) is 3.73. The predicted molar refractivity (Wildman–Crippen MR) is 72.2 cm³/mol. The molecule has 9 heteroatoms. The van der Waals surface area contributed by atoms with Gasteiger partial charge >= 0.3 is 7.59 Å². The summed E-state index contributed by atoms with van der Waals surface area (Å²) >= 11 is 5.81. The molecule has 5 N–H and O–H groups in total. The first-order chi connectivity index (χ1) is 8.83. The van der Waals surface area contributed by atoms with Gasteiger partial charge in [0.15, 0.2) is 5.58 Å². The van der Waals surface area contributed by atoms with Crippen LogP contribution in [0.15, 0.2) is 28.7 Å². The maximum absolute atomic E-state index is 11.3. The molecule has 0 unspecified atom stereocenters. The van der Waals surface area contributed by atoms with Gasteiger partial charge in [0.2, 0.25) is 5.89 Å². The molecular weight excluding hydrogens is 291 g/mol. The number of fused-ring (bicyclic) bond motifs is 1. The van der Waals surface area contributed by atoms with Crippen molar-refractivity contribution in [2.75, 3.05) is 0 Å². The smallest absolute Gasteiger partial charge is 0.300 e. The standard InChI is InChI=1S/C10H10ClN4O3P/c11-6-1-2-8-7(5-6)14-10(18-8)4-3-9(16)15-19(12,13)17/h1-5H,(H5,12,13,15,16,17). The van der Waals surface area contributed by atoms with Crippen molar-refractivity contribution >= 4 is 42.3 Å². The molecule has 0 atom stereocenters. The first-order valence-electron chi connectivity index (χ1n) is 5.07. The third kappa shape index (κ3) is 3.90. The predicted octanol–water partition coefficient (Wildman–Crippen LogP) is 1.64. The number of nitrogens with zero attached hydrogens (tertiary/aromatic N) is 1.